The van der Waals surface area contributed by atoms with E-state index in [-0.39, 0.29) is 5.91 Å². The second-order valence-electron chi connectivity index (χ2n) is 4.44. The fourth-order valence-corrected chi connectivity index (χ4v) is 1.12. The van der Waals surface area contributed by atoms with Gasteiger partial charge in [0.05, 0.1) is 12.2 Å². The van der Waals surface area contributed by atoms with Crippen LogP contribution >= 0.6 is 0 Å². The molecule has 0 radical (unpaired) electrons. The maximum atomic E-state index is 11.6. The average Bonchev–Trinajstić information content (AvgIpc) is 2.28. The van der Waals surface area contributed by atoms with E-state index in [0.29, 0.717) is 18.1 Å². The molecule has 0 bridgehead atoms. The quantitative estimate of drug-likeness (QED) is 0.788. The lowest BCUT2D eigenvalue weighted by Gasteiger charge is -2.11. The van der Waals surface area contributed by atoms with Gasteiger partial charge in [0.1, 0.15) is 5.82 Å². The van der Waals surface area contributed by atoms with Crippen LogP contribution in [0.25, 0.3) is 0 Å². The number of anilines is 1. The van der Waals surface area contributed by atoms with E-state index in [1.54, 1.807) is 12.1 Å². The van der Waals surface area contributed by atoms with Gasteiger partial charge in [-0.25, -0.2) is 10.5 Å². The zero-order chi connectivity index (χ0) is 12.8. The summed E-state index contributed by atoms with van der Waals surface area (Å²) in [6, 6.07) is 3.51. The van der Waals surface area contributed by atoms with Crippen LogP contribution in [0.15, 0.2) is 18.3 Å². The van der Waals surface area contributed by atoms with Crippen molar-refractivity contribution in [2.75, 3.05) is 25.6 Å². The number of carbonyl (C=O) groups is 1. The predicted molar refractivity (Wildman–Crippen MR) is 66.8 cm³/mol. The molecule has 1 N–H and O–H groups in total. The van der Waals surface area contributed by atoms with Crippen LogP contribution in [-0.4, -0.2) is 31.6 Å². The van der Waals surface area contributed by atoms with Crippen molar-refractivity contribution in [1.29, 1.82) is 0 Å². The minimum absolute atomic E-state index is 0.275. The Bertz CT molecular complexity index is 361. The summed E-state index contributed by atoms with van der Waals surface area (Å²) in [4.78, 5) is 22.7. The van der Waals surface area contributed by atoms with E-state index in [2.05, 4.69) is 10.5 Å². The summed E-state index contributed by atoms with van der Waals surface area (Å²) in [5, 5.41) is 0. The van der Waals surface area contributed by atoms with Gasteiger partial charge in [0, 0.05) is 20.3 Å². The first-order chi connectivity index (χ1) is 8.00. The summed E-state index contributed by atoms with van der Waals surface area (Å²) < 4.78 is 0. The van der Waals surface area contributed by atoms with Gasteiger partial charge in [0.25, 0.3) is 5.91 Å². The Morgan fingerprint density at radius 1 is 1.47 bits per heavy atom. The first kappa shape index (κ1) is 13.4. The topological polar surface area (TPSA) is 54.5 Å². The molecular formula is C12H19N3O2. The van der Waals surface area contributed by atoms with Gasteiger partial charge in [-0.2, -0.15) is 0 Å². The summed E-state index contributed by atoms with van der Waals surface area (Å²) in [7, 11) is 3.79. The van der Waals surface area contributed by atoms with Gasteiger partial charge in [-0.3, -0.25) is 9.63 Å². The largest absolute Gasteiger partial charge is 0.363 e. The van der Waals surface area contributed by atoms with Crippen LogP contribution < -0.4 is 10.4 Å². The van der Waals surface area contributed by atoms with Gasteiger partial charge in [-0.15, -0.1) is 0 Å². The Morgan fingerprint density at radius 3 is 2.65 bits per heavy atom. The van der Waals surface area contributed by atoms with Crippen LogP contribution in [-0.2, 0) is 4.84 Å². The number of carbonyl (C=O) groups excluding carboxylic acids is 1. The second kappa shape index (κ2) is 6.20. The van der Waals surface area contributed by atoms with Crippen molar-refractivity contribution < 1.29 is 9.63 Å². The third-order valence-corrected chi connectivity index (χ3v) is 2.05. The number of hydroxylamine groups is 1. The number of nitrogens with zero attached hydrogens (tertiary/aromatic N) is 2. The Kier molecular flexibility index (Phi) is 4.90. The van der Waals surface area contributed by atoms with Gasteiger partial charge in [-0.1, -0.05) is 13.8 Å². The fraction of sp³-hybridized carbons (Fsp3) is 0.500. The molecular weight excluding hydrogens is 218 g/mol. The third kappa shape index (κ3) is 4.40. The number of hydrogen-bond donors (Lipinski definition) is 1. The first-order valence-corrected chi connectivity index (χ1v) is 5.56. The molecule has 1 aromatic heterocycles. The molecule has 0 fully saturated rings. The highest BCUT2D eigenvalue weighted by Crippen LogP contribution is 2.07. The van der Waals surface area contributed by atoms with Crippen LogP contribution in [0.3, 0.4) is 0 Å². The summed E-state index contributed by atoms with van der Waals surface area (Å²) in [6.45, 7) is 4.52. The van der Waals surface area contributed by atoms with E-state index < -0.39 is 0 Å². The lowest BCUT2D eigenvalue weighted by atomic mass is 10.2. The smallest absolute Gasteiger partial charge is 0.276 e. The molecule has 0 spiro atoms. The molecule has 1 aromatic rings. The Labute approximate surface area is 102 Å². The van der Waals surface area contributed by atoms with Crippen molar-refractivity contribution in [3.63, 3.8) is 0 Å². The molecule has 0 aliphatic carbocycles. The van der Waals surface area contributed by atoms with Crippen LogP contribution in [0, 0.1) is 5.92 Å². The molecule has 0 atom stereocenters. The minimum atomic E-state index is -0.275. The maximum Gasteiger partial charge on any atom is 0.276 e. The molecule has 0 aliphatic rings. The monoisotopic (exact) mass is 237 g/mol. The summed E-state index contributed by atoms with van der Waals surface area (Å²) in [6.07, 6.45) is 1.53. The Balaban J connectivity index is 2.52. The van der Waals surface area contributed by atoms with Crippen LogP contribution in [0.5, 0.6) is 0 Å². The van der Waals surface area contributed by atoms with E-state index in [1.165, 1.54) is 6.20 Å². The summed E-state index contributed by atoms with van der Waals surface area (Å²) >= 11 is 0. The molecule has 0 aliphatic heterocycles. The van der Waals surface area contributed by atoms with Gasteiger partial charge >= 0.3 is 0 Å². The molecule has 94 valence electrons. The predicted octanol–water partition coefficient (Wildman–Crippen LogP) is 1.47. The average molecular weight is 237 g/mol. The van der Waals surface area contributed by atoms with Crippen molar-refractivity contribution in [1.82, 2.24) is 10.5 Å². The molecule has 1 amide bonds. The van der Waals surface area contributed by atoms with Crippen molar-refractivity contribution in [3.05, 3.63) is 23.9 Å². The second-order valence-corrected chi connectivity index (χ2v) is 4.44. The SMILES string of the molecule is CC(C)CONC(=O)c1ccc(N(C)C)nc1. The third-order valence-electron chi connectivity index (χ3n) is 2.05. The molecule has 5 nitrogen and oxygen atoms in total. The van der Waals surface area contributed by atoms with Crippen molar-refractivity contribution >= 4 is 11.7 Å². The highest BCUT2D eigenvalue weighted by Gasteiger charge is 2.07. The lowest BCUT2D eigenvalue weighted by molar-refractivity contribution is 0.0208. The maximum absolute atomic E-state index is 11.6. The summed E-state index contributed by atoms with van der Waals surface area (Å²) in [5.74, 6) is 0.914. The van der Waals surface area contributed by atoms with Crippen molar-refractivity contribution in [3.8, 4) is 0 Å². The van der Waals surface area contributed by atoms with Gasteiger partial charge in [0.2, 0.25) is 0 Å². The Hall–Kier alpha value is -1.62. The molecule has 0 saturated heterocycles. The van der Waals surface area contributed by atoms with Gasteiger partial charge < -0.3 is 4.90 Å². The van der Waals surface area contributed by atoms with Crippen LogP contribution in [0.4, 0.5) is 5.82 Å². The lowest BCUT2D eigenvalue weighted by Crippen LogP contribution is -2.25. The first-order valence-electron chi connectivity index (χ1n) is 5.56. The number of hydrogen-bond acceptors (Lipinski definition) is 4. The van der Waals surface area contributed by atoms with E-state index >= 15 is 0 Å². The van der Waals surface area contributed by atoms with Crippen molar-refractivity contribution in [2.45, 2.75) is 13.8 Å². The molecule has 0 aromatic carbocycles. The molecule has 1 rings (SSSR count). The molecule has 17 heavy (non-hydrogen) atoms. The number of amides is 1. The van der Waals surface area contributed by atoms with E-state index in [0.717, 1.165) is 5.82 Å². The Morgan fingerprint density at radius 2 is 2.18 bits per heavy atom. The number of rotatable bonds is 5. The molecule has 0 saturated carbocycles. The molecule has 1 heterocycles. The summed E-state index contributed by atoms with van der Waals surface area (Å²) in [5.41, 5.74) is 2.87. The zero-order valence-electron chi connectivity index (χ0n) is 10.7. The van der Waals surface area contributed by atoms with Crippen LogP contribution in [0.1, 0.15) is 24.2 Å². The minimum Gasteiger partial charge on any atom is -0.363 e. The standard InChI is InChI=1S/C12H19N3O2/c1-9(2)8-17-14-12(16)10-5-6-11(13-7-10)15(3)4/h5-7,9H,8H2,1-4H3,(H,14,16). The number of nitrogens with one attached hydrogen (secondary N) is 1. The van der Waals surface area contributed by atoms with E-state index in [1.807, 2.05) is 32.8 Å². The molecule has 0 unspecified atom stereocenters. The highest BCUT2D eigenvalue weighted by molar-refractivity contribution is 5.93. The van der Waals surface area contributed by atoms with Crippen LogP contribution in [0.2, 0.25) is 0 Å². The fourth-order valence-electron chi connectivity index (χ4n) is 1.12. The number of pyridine rings is 1. The highest BCUT2D eigenvalue weighted by atomic mass is 16.6. The van der Waals surface area contributed by atoms with E-state index in [9.17, 15) is 4.79 Å². The van der Waals surface area contributed by atoms with Gasteiger partial charge in [-0.05, 0) is 18.1 Å². The van der Waals surface area contributed by atoms with E-state index in [4.69, 9.17) is 4.84 Å². The normalized spacial score (nSPS) is 10.4. The zero-order valence-corrected chi connectivity index (χ0v) is 10.7. The van der Waals surface area contributed by atoms with Crippen molar-refractivity contribution in [2.24, 2.45) is 5.92 Å². The number of aromatic nitrogens is 1. The van der Waals surface area contributed by atoms with Gasteiger partial charge in [0.15, 0.2) is 0 Å². The molecule has 5 heteroatoms.